The topological polar surface area (TPSA) is 128 Å². The molecule has 1 atom stereocenters. The second-order valence-corrected chi connectivity index (χ2v) is 5.46. The van der Waals surface area contributed by atoms with E-state index in [0.29, 0.717) is 11.5 Å². The summed E-state index contributed by atoms with van der Waals surface area (Å²) in [5.74, 6) is 0.198. The monoisotopic (exact) mass is 361 g/mol. The first-order valence-electron chi connectivity index (χ1n) is 7.86. The number of aromatic hydroxyl groups is 1. The third-order valence-electron chi connectivity index (χ3n) is 3.60. The molecule has 1 heterocycles. The van der Waals surface area contributed by atoms with Crippen LogP contribution in [0.5, 0.6) is 17.4 Å². The van der Waals surface area contributed by atoms with Crippen LogP contribution in [0.2, 0.25) is 0 Å². The van der Waals surface area contributed by atoms with Crippen molar-refractivity contribution in [2.24, 2.45) is 0 Å². The summed E-state index contributed by atoms with van der Waals surface area (Å²) < 4.78 is 11.1. The van der Waals surface area contributed by atoms with Crippen LogP contribution in [0.25, 0.3) is 12.2 Å². The van der Waals surface area contributed by atoms with Crippen LogP contribution >= 0.6 is 0 Å². The molecule has 0 fully saturated rings. The number of hydrogen-bond acceptors (Lipinski definition) is 7. The Morgan fingerprint density at radius 3 is 2.69 bits per heavy atom. The van der Waals surface area contributed by atoms with Crippen LogP contribution < -0.4 is 15.0 Å². The fourth-order valence-corrected chi connectivity index (χ4v) is 2.08. The molecule has 1 aromatic heterocycles. The zero-order valence-electron chi connectivity index (χ0n) is 14.6. The molecule has 138 valence electrons. The molecule has 2 N–H and O–H groups in total. The van der Waals surface area contributed by atoms with E-state index < -0.39 is 22.0 Å². The molecule has 9 heteroatoms. The maximum absolute atomic E-state index is 11.6. The minimum absolute atomic E-state index is 0.0167. The molecule has 0 aliphatic rings. The molecule has 9 nitrogen and oxygen atoms in total. The highest BCUT2D eigenvalue weighted by Gasteiger charge is 2.21. The summed E-state index contributed by atoms with van der Waals surface area (Å²) in [5, 5.41) is 20.2. The zero-order chi connectivity index (χ0) is 19.3. The van der Waals surface area contributed by atoms with Crippen LogP contribution in [-0.2, 0) is 0 Å². The Balaban J connectivity index is 2.28. The minimum atomic E-state index is -1.03. The lowest BCUT2D eigenvalue weighted by Gasteiger charge is -2.15. The van der Waals surface area contributed by atoms with E-state index in [4.69, 9.17) is 9.47 Å². The van der Waals surface area contributed by atoms with Crippen molar-refractivity contribution in [3.05, 3.63) is 50.1 Å². The fraction of sp³-hybridized carbons (Fsp3) is 0.294. The zero-order valence-corrected chi connectivity index (χ0v) is 14.6. The first-order chi connectivity index (χ1) is 12.3. The predicted molar refractivity (Wildman–Crippen MR) is 95.5 cm³/mol. The van der Waals surface area contributed by atoms with Crippen LogP contribution in [0.3, 0.4) is 0 Å². The first-order valence-corrected chi connectivity index (χ1v) is 7.86. The van der Waals surface area contributed by atoms with Gasteiger partial charge < -0.3 is 19.6 Å². The van der Waals surface area contributed by atoms with Crippen molar-refractivity contribution in [2.75, 3.05) is 7.11 Å². The maximum atomic E-state index is 11.6. The summed E-state index contributed by atoms with van der Waals surface area (Å²) in [6, 6.07) is 5.27. The summed E-state index contributed by atoms with van der Waals surface area (Å²) in [5.41, 5.74) is -1.30. The summed E-state index contributed by atoms with van der Waals surface area (Å²) in [6.07, 6.45) is 3.92. The van der Waals surface area contributed by atoms with Gasteiger partial charge in [0.05, 0.1) is 18.1 Å². The van der Waals surface area contributed by atoms with Gasteiger partial charge in [0.25, 0.3) is 5.88 Å². The summed E-state index contributed by atoms with van der Waals surface area (Å²) in [6.45, 7) is 3.97. The van der Waals surface area contributed by atoms with Gasteiger partial charge in [-0.25, -0.2) is 0 Å². The maximum Gasteiger partial charge on any atom is 0.395 e. The van der Waals surface area contributed by atoms with Crippen molar-refractivity contribution in [3.8, 4) is 17.4 Å². The van der Waals surface area contributed by atoms with Gasteiger partial charge >= 0.3 is 11.2 Å². The van der Waals surface area contributed by atoms with E-state index in [1.54, 1.807) is 24.3 Å². The molecule has 26 heavy (non-hydrogen) atoms. The van der Waals surface area contributed by atoms with Crippen molar-refractivity contribution in [2.45, 2.75) is 26.4 Å². The highest BCUT2D eigenvalue weighted by atomic mass is 16.6. The molecule has 0 saturated heterocycles. The molecule has 0 spiro atoms. The van der Waals surface area contributed by atoms with Gasteiger partial charge in [-0.15, -0.1) is 0 Å². The number of H-pyrrole nitrogens is 1. The SMILES string of the molecule is CCC(C)Oc1ccc(C=Cc2nc(O)c([N+](=O)[O-])c(=O)[nH]2)cc1OC. The van der Waals surface area contributed by atoms with Gasteiger partial charge in [0, 0.05) is 0 Å². The molecular formula is C17H19N3O6. The Bertz CT molecular complexity index is 891. The number of methoxy groups -OCH3 is 1. The number of benzene rings is 1. The first kappa shape index (κ1) is 19.0. The van der Waals surface area contributed by atoms with E-state index in [0.717, 1.165) is 12.0 Å². The molecule has 1 unspecified atom stereocenters. The lowest BCUT2D eigenvalue weighted by atomic mass is 10.2. The number of rotatable bonds is 7. The minimum Gasteiger partial charge on any atom is -0.493 e. The smallest absolute Gasteiger partial charge is 0.395 e. The van der Waals surface area contributed by atoms with Gasteiger partial charge in [0.1, 0.15) is 5.82 Å². The van der Waals surface area contributed by atoms with E-state index >= 15 is 0 Å². The Morgan fingerprint density at radius 2 is 2.12 bits per heavy atom. The van der Waals surface area contributed by atoms with E-state index in [2.05, 4.69) is 9.97 Å². The number of hydrogen-bond donors (Lipinski definition) is 2. The molecule has 2 aromatic rings. The summed E-state index contributed by atoms with van der Waals surface area (Å²) in [4.78, 5) is 27.1. The van der Waals surface area contributed by atoms with Crippen molar-refractivity contribution in [3.63, 3.8) is 0 Å². The van der Waals surface area contributed by atoms with Gasteiger partial charge in [-0.1, -0.05) is 19.1 Å². The standard InChI is InChI=1S/C17H19N3O6/c1-4-10(2)26-12-7-5-11(9-13(12)25-3)6-8-14-18-16(21)15(20(23)24)17(22)19-14/h5-10H,4H2,1-3H3,(H2,18,19,21,22). The molecule has 2 rings (SSSR count). The summed E-state index contributed by atoms with van der Waals surface area (Å²) >= 11 is 0. The third kappa shape index (κ3) is 4.38. The lowest BCUT2D eigenvalue weighted by molar-refractivity contribution is -0.387. The van der Waals surface area contributed by atoms with Crippen molar-refractivity contribution in [1.29, 1.82) is 0 Å². The largest absolute Gasteiger partial charge is 0.493 e. The second kappa shape index (κ2) is 8.15. The number of aromatic amines is 1. The van der Waals surface area contributed by atoms with Gasteiger partial charge in [-0.05, 0) is 37.1 Å². The fourth-order valence-electron chi connectivity index (χ4n) is 2.08. The number of ether oxygens (including phenoxy) is 2. The molecule has 0 bridgehead atoms. The van der Waals surface area contributed by atoms with E-state index in [-0.39, 0.29) is 11.9 Å². The normalized spacial score (nSPS) is 12.1. The van der Waals surface area contributed by atoms with Gasteiger partial charge in [-0.3, -0.25) is 14.9 Å². The van der Waals surface area contributed by atoms with Crippen molar-refractivity contribution in [1.82, 2.24) is 9.97 Å². The van der Waals surface area contributed by atoms with Crippen LogP contribution in [0, 0.1) is 10.1 Å². The number of nitrogens with one attached hydrogen (secondary N) is 1. The Hall–Kier alpha value is -3.36. The van der Waals surface area contributed by atoms with Crippen molar-refractivity contribution >= 4 is 17.8 Å². The Kier molecular flexibility index (Phi) is 5.94. The van der Waals surface area contributed by atoms with Gasteiger partial charge in [-0.2, -0.15) is 4.98 Å². The summed E-state index contributed by atoms with van der Waals surface area (Å²) in [7, 11) is 1.53. The molecular weight excluding hydrogens is 342 g/mol. The number of aromatic nitrogens is 2. The molecule has 0 aliphatic carbocycles. The number of nitrogens with zero attached hydrogens (tertiary/aromatic N) is 2. The average Bonchev–Trinajstić information content (AvgIpc) is 2.59. The van der Waals surface area contributed by atoms with Crippen molar-refractivity contribution < 1.29 is 19.5 Å². The second-order valence-electron chi connectivity index (χ2n) is 5.46. The predicted octanol–water partition coefficient (Wildman–Crippen LogP) is 2.74. The quantitative estimate of drug-likeness (QED) is 0.573. The lowest BCUT2D eigenvalue weighted by Crippen LogP contribution is -2.14. The van der Waals surface area contributed by atoms with E-state index in [1.807, 2.05) is 13.8 Å². The molecule has 0 aliphatic heterocycles. The third-order valence-corrected chi connectivity index (χ3v) is 3.60. The highest BCUT2D eigenvalue weighted by Crippen LogP contribution is 2.30. The van der Waals surface area contributed by atoms with Crippen LogP contribution in [0.15, 0.2) is 23.0 Å². The molecule has 0 saturated carbocycles. The highest BCUT2D eigenvalue weighted by molar-refractivity contribution is 5.68. The van der Waals surface area contributed by atoms with E-state index in [9.17, 15) is 20.0 Å². The molecule has 0 amide bonds. The van der Waals surface area contributed by atoms with Gasteiger partial charge in [0.2, 0.25) is 0 Å². The van der Waals surface area contributed by atoms with Crippen LogP contribution in [0.1, 0.15) is 31.7 Å². The van der Waals surface area contributed by atoms with Crippen LogP contribution in [-0.4, -0.2) is 33.2 Å². The van der Waals surface area contributed by atoms with Crippen LogP contribution in [0.4, 0.5) is 5.69 Å². The Morgan fingerprint density at radius 1 is 1.38 bits per heavy atom. The van der Waals surface area contributed by atoms with Gasteiger partial charge in [0.15, 0.2) is 11.5 Å². The van der Waals surface area contributed by atoms with E-state index in [1.165, 1.54) is 13.2 Å². The molecule has 1 aromatic carbocycles. The average molecular weight is 361 g/mol. The molecule has 0 radical (unpaired) electrons. The number of nitro groups is 1. The Labute approximate surface area is 149 Å².